The highest BCUT2D eigenvalue weighted by atomic mass is 16.6. The lowest BCUT2D eigenvalue weighted by Gasteiger charge is -2.26. The Morgan fingerprint density at radius 1 is 1.55 bits per heavy atom. The maximum absolute atomic E-state index is 12.2. The van der Waals surface area contributed by atoms with E-state index in [2.05, 4.69) is 15.3 Å². The summed E-state index contributed by atoms with van der Waals surface area (Å²) in [5.41, 5.74) is 4.59. The number of hydrogen-bond donors (Lipinski definition) is 2. The molecule has 0 amide bonds. The molecule has 1 aliphatic rings. The van der Waals surface area contributed by atoms with E-state index >= 15 is 0 Å². The van der Waals surface area contributed by atoms with Crippen molar-refractivity contribution >= 4 is 23.4 Å². The summed E-state index contributed by atoms with van der Waals surface area (Å²) < 4.78 is 5.16. The number of carbonyl (C=O) groups is 1. The summed E-state index contributed by atoms with van der Waals surface area (Å²) in [6, 6.07) is 0. The molecule has 9 heteroatoms. The van der Waals surface area contributed by atoms with Gasteiger partial charge < -0.3 is 15.8 Å². The van der Waals surface area contributed by atoms with Crippen LogP contribution in [-0.4, -0.2) is 34.0 Å². The first-order valence-electron chi connectivity index (χ1n) is 7.16. The molecular weight excluding hydrogens is 290 g/mol. The number of nitrogens with one attached hydrogen (secondary N) is 1. The smallest absolute Gasteiger partial charge is 0.329 e. The van der Waals surface area contributed by atoms with E-state index in [0.717, 1.165) is 31.9 Å². The number of carbonyl (C=O) groups excluding carboxylic acids is 1. The van der Waals surface area contributed by atoms with Crippen LogP contribution < -0.4 is 11.1 Å². The lowest BCUT2D eigenvalue weighted by atomic mass is 9.86. The highest BCUT2D eigenvalue weighted by molar-refractivity contribution is 5.78. The van der Waals surface area contributed by atoms with Gasteiger partial charge in [0.1, 0.15) is 6.20 Å². The highest BCUT2D eigenvalue weighted by Crippen LogP contribution is 2.39. The second kappa shape index (κ2) is 6.54. The minimum Gasteiger partial charge on any atom is -0.466 e. The lowest BCUT2D eigenvalue weighted by molar-refractivity contribution is -0.384. The van der Waals surface area contributed by atoms with Gasteiger partial charge in [0.25, 0.3) is 0 Å². The number of nitro groups is 1. The Labute approximate surface area is 127 Å². The largest absolute Gasteiger partial charge is 0.466 e. The second-order valence-corrected chi connectivity index (χ2v) is 5.28. The van der Waals surface area contributed by atoms with Crippen LogP contribution in [0, 0.1) is 15.5 Å². The van der Waals surface area contributed by atoms with E-state index < -0.39 is 10.3 Å². The maximum atomic E-state index is 12.2. The fourth-order valence-corrected chi connectivity index (χ4v) is 2.65. The van der Waals surface area contributed by atoms with Crippen LogP contribution in [0.1, 0.15) is 32.6 Å². The van der Waals surface area contributed by atoms with Crippen molar-refractivity contribution in [2.75, 3.05) is 24.2 Å². The van der Waals surface area contributed by atoms with Gasteiger partial charge in [0.15, 0.2) is 0 Å². The summed E-state index contributed by atoms with van der Waals surface area (Å²) in [6.45, 7) is 2.43. The van der Waals surface area contributed by atoms with Crippen molar-refractivity contribution < 1.29 is 14.5 Å². The Morgan fingerprint density at radius 2 is 2.23 bits per heavy atom. The number of nitrogens with two attached hydrogens (primary N) is 1. The molecule has 0 unspecified atom stereocenters. The Balaban J connectivity index is 2.08. The van der Waals surface area contributed by atoms with Crippen molar-refractivity contribution in [1.82, 2.24) is 9.97 Å². The highest BCUT2D eigenvalue weighted by Gasteiger charge is 2.42. The molecule has 1 saturated carbocycles. The average molecular weight is 309 g/mol. The Bertz CT molecular complexity index is 572. The van der Waals surface area contributed by atoms with E-state index in [1.165, 1.54) is 0 Å². The van der Waals surface area contributed by atoms with Crippen LogP contribution >= 0.6 is 0 Å². The first-order chi connectivity index (χ1) is 10.5. The molecule has 1 aliphatic carbocycles. The van der Waals surface area contributed by atoms with Gasteiger partial charge in [0.2, 0.25) is 11.8 Å². The maximum Gasteiger partial charge on any atom is 0.329 e. The summed E-state index contributed by atoms with van der Waals surface area (Å²) in [6.07, 6.45) is 4.45. The summed E-state index contributed by atoms with van der Waals surface area (Å²) in [5, 5.41) is 13.6. The molecule has 22 heavy (non-hydrogen) atoms. The van der Waals surface area contributed by atoms with Crippen LogP contribution in [0.4, 0.5) is 17.5 Å². The zero-order valence-corrected chi connectivity index (χ0v) is 12.4. The van der Waals surface area contributed by atoms with Crippen molar-refractivity contribution in [1.29, 1.82) is 0 Å². The molecule has 0 saturated heterocycles. The van der Waals surface area contributed by atoms with Gasteiger partial charge in [-0.05, 0) is 19.8 Å². The van der Waals surface area contributed by atoms with E-state index in [1.54, 1.807) is 6.92 Å². The third-order valence-electron chi connectivity index (χ3n) is 3.85. The first-order valence-corrected chi connectivity index (χ1v) is 7.16. The van der Waals surface area contributed by atoms with Crippen molar-refractivity contribution in [2.24, 2.45) is 5.41 Å². The molecule has 0 aliphatic heterocycles. The van der Waals surface area contributed by atoms with Gasteiger partial charge >= 0.3 is 11.7 Å². The van der Waals surface area contributed by atoms with Gasteiger partial charge in [0, 0.05) is 6.54 Å². The van der Waals surface area contributed by atoms with Crippen molar-refractivity contribution in [3.05, 3.63) is 16.3 Å². The predicted molar refractivity (Wildman–Crippen MR) is 79.1 cm³/mol. The average Bonchev–Trinajstić information content (AvgIpc) is 2.95. The van der Waals surface area contributed by atoms with E-state index in [4.69, 9.17) is 10.5 Å². The number of esters is 1. The standard InChI is InChI=1S/C13H19N5O4/c1-2-22-11(19)13(5-3-4-6-13)8-16-12-15-7-9(18(20)21)10(14)17-12/h7H,2-6,8H2,1H3,(H3,14,15,16,17). The van der Waals surface area contributed by atoms with Crippen LogP contribution in [0.25, 0.3) is 0 Å². The molecule has 1 fully saturated rings. The molecule has 0 bridgehead atoms. The van der Waals surface area contributed by atoms with E-state index in [1.807, 2.05) is 0 Å². The Morgan fingerprint density at radius 3 is 2.77 bits per heavy atom. The van der Waals surface area contributed by atoms with Gasteiger partial charge in [-0.1, -0.05) is 12.8 Å². The summed E-state index contributed by atoms with van der Waals surface area (Å²) >= 11 is 0. The SMILES string of the molecule is CCOC(=O)C1(CNc2ncc([N+](=O)[O-])c(N)n2)CCCC1. The molecule has 9 nitrogen and oxygen atoms in total. The zero-order valence-electron chi connectivity index (χ0n) is 12.4. The lowest BCUT2D eigenvalue weighted by Crippen LogP contribution is -2.37. The molecule has 1 aromatic rings. The monoisotopic (exact) mass is 309 g/mol. The minimum absolute atomic E-state index is 0.165. The summed E-state index contributed by atoms with van der Waals surface area (Å²) in [4.78, 5) is 29.9. The van der Waals surface area contributed by atoms with Crippen molar-refractivity contribution in [2.45, 2.75) is 32.6 Å². The van der Waals surface area contributed by atoms with Gasteiger partial charge in [-0.2, -0.15) is 4.98 Å². The molecule has 120 valence electrons. The molecule has 0 atom stereocenters. The second-order valence-electron chi connectivity index (χ2n) is 5.28. The number of rotatable bonds is 6. The van der Waals surface area contributed by atoms with Gasteiger partial charge in [-0.15, -0.1) is 0 Å². The third-order valence-corrected chi connectivity index (χ3v) is 3.85. The summed E-state index contributed by atoms with van der Waals surface area (Å²) in [7, 11) is 0. The molecule has 2 rings (SSSR count). The van der Waals surface area contributed by atoms with Crippen LogP contribution in [-0.2, 0) is 9.53 Å². The number of nitrogens with zero attached hydrogens (tertiary/aromatic N) is 3. The van der Waals surface area contributed by atoms with Crippen LogP contribution in [0.3, 0.4) is 0 Å². The third kappa shape index (κ3) is 3.23. The van der Waals surface area contributed by atoms with Crippen LogP contribution in [0.5, 0.6) is 0 Å². The number of ether oxygens (including phenoxy) is 1. The molecular formula is C13H19N5O4. The van der Waals surface area contributed by atoms with Gasteiger partial charge in [0.05, 0.1) is 16.9 Å². The van der Waals surface area contributed by atoms with Gasteiger partial charge in [-0.25, -0.2) is 4.98 Å². The van der Waals surface area contributed by atoms with Crippen molar-refractivity contribution in [3.8, 4) is 0 Å². The van der Waals surface area contributed by atoms with Gasteiger partial charge in [-0.3, -0.25) is 14.9 Å². The molecule has 1 heterocycles. The number of anilines is 2. The normalized spacial score (nSPS) is 16.2. The Hall–Kier alpha value is -2.45. The minimum atomic E-state index is -0.643. The molecule has 0 aromatic carbocycles. The van der Waals surface area contributed by atoms with E-state index in [0.29, 0.717) is 13.2 Å². The number of hydrogen-bond acceptors (Lipinski definition) is 8. The number of aromatic nitrogens is 2. The quantitative estimate of drug-likeness (QED) is 0.459. The Kier molecular flexibility index (Phi) is 4.74. The molecule has 0 radical (unpaired) electrons. The topological polar surface area (TPSA) is 133 Å². The molecule has 1 aromatic heterocycles. The van der Waals surface area contributed by atoms with Crippen LogP contribution in [0.15, 0.2) is 6.20 Å². The first kappa shape index (κ1) is 15.9. The number of nitrogen functional groups attached to an aromatic ring is 1. The fourth-order valence-electron chi connectivity index (χ4n) is 2.65. The zero-order chi connectivity index (χ0) is 16.2. The van der Waals surface area contributed by atoms with Crippen molar-refractivity contribution in [3.63, 3.8) is 0 Å². The van der Waals surface area contributed by atoms with E-state index in [9.17, 15) is 14.9 Å². The fraction of sp³-hybridized carbons (Fsp3) is 0.615. The molecule has 0 spiro atoms. The molecule has 3 N–H and O–H groups in total. The summed E-state index contributed by atoms with van der Waals surface area (Å²) in [5.74, 6) is -0.271. The van der Waals surface area contributed by atoms with E-state index in [-0.39, 0.29) is 23.4 Å². The van der Waals surface area contributed by atoms with Crippen LogP contribution in [0.2, 0.25) is 0 Å². The predicted octanol–water partition coefficient (Wildman–Crippen LogP) is 1.50.